The van der Waals surface area contributed by atoms with Gasteiger partial charge in [-0.1, -0.05) is 18.1 Å². The van der Waals surface area contributed by atoms with Crippen LogP contribution in [0.25, 0.3) is 0 Å². The largest absolute Gasteiger partial charge is 0.330 e. The molecule has 0 spiro atoms. The Labute approximate surface area is 89.1 Å². The van der Waals surface area contributed by atoms with Crippen molar-refractivity contribution < 1.29 is 4.79 Å². The summed E-state index contributed by atoms with van der Waals surface area (Å²) in [5.41, 5.74) is 0. The number of terminal acetylenes is 1. The first-order valence-corrected chi connectivity index (χ1v) is 4.83. The molecule has 0 N–H and O–H groups in total. The summed E-state index contributed by atoms with van der Waals surface area (Å²) in [5.74, 6) is 2.45. The molecule has 1 rings (SSSR count). The Morgan fingerprint density at radius 3 is 3.00 bits per heavy atom. The lowest BCUT2D eigenvalue weighted by Crippen LogP contribution is -2.35. The molecule has 0 radical (unpaired) electrons. The van der Waals surface area contributed by atoms with E-state index in [4.69, 9.17) is 6.42 Å². The Kier molecular flexibility index (Phi) is 4.35. The maximum Gasteiger partial charge on any atom is 0.245 e. The van der Waals surface area contributed by atoms with E-state index in [1.807, 2.05) is 6.92 Å². The van der Waals surface area contributed by atoms with E-state index >= 15 is 0 Å². The Balaban J connectivity index is 2.53. The Morgan fingerprint density at radius 1 is 1.67 bits per heavy atom. The third-order valence-electron chi connectivity index (χ3n) is 1.90. The van der Waals surface area contributed by atoms with Gasteiger partial charge in [0.1, 0.15) is 6.54 Å². The third-order valence-corrected chi connectivity index (χ3v) is 1.90. The number of amides is 1. The summed E-state index contributed by atoms with van der Waals surface area (Å²) in [7, 11) is 0. The van der Waals surface area contributed by atoms with Gasteiger partial charge in [0.2, 0.25) is 5.91 Å². The molecule has 0 unspecified atom stereocenters. The van der Waals surface area contributed by atoms with Crippen LogP contribution in [0.2, 0.25) is 0 Å². The van der Waals surface area contributed by atoms with Gasteiger partial charge in [-0.15, -0.1) is 11.5 Å². The van der Waals surface area contributed by atoms with E-state index in [0.717, 1.165) is 6.42 Å². The molecule has 5 heteroatoms. The van der Waals surface area contributed by atoms with Gasteiger partial charge in [0.05, 0.1) is 12.7 Å². The molecule has 0 atom stereocenters. The van der Waals surface area contributed by atoms with E-state index in [1.165, 1.54) is 4.68 Å². The van der Waals surface area contributed by atoms with Crippen molar-refractivity contribution in [3.05, 3.63) is 12.4 Å². The van der Waals surface area contributed by atoms with Gasteiger partial charge in [-0.25, -0.2) is 4.68 Å². The molecule has 0 fully saturated rings. The Hall–Kier alpha value is -1.83. The topological polar surface area (TPSA) is 51.0 Å². The summed E-state index contributed by atoms with van der Waals surface area (Å²) in [6.45, 7) is 3.23. The zero-order chi connectivity index (χ0) is 11.1. The van der Waals surface area contributed by atoms with Gasteiger partial charge in [0.25, 0.3) is 0 Å². The first-order chi connectivity index (χ1) is 7.27. The van der Waals surface area contributed by atoms with Gasteiger partial charge in [-0.05, 0) is 6.42 Å². The monoisotopic (exact) mass is 206 g/mol. The summed E-state index contributed by atoms with van der Waals surface area (Å²) < 4.78 is 1.49. The molecule has 15 heavy (non-hydrogen) atoms. The predicted molar refractivity (Wildman–Crippen MR) is 55.7 cm³/mol. The van der Waals surface area contributed by atoms with Crippen LogP contribution in [0.4, 0.5) is 0 Å². The maximum atomic E-state index is 11.7. The van der Waals surface area contributed by atoms with Crippen molar-refractivity contribution in [2.75, 3.05) is 13.1 Å². The minimum Gasteiger partial charge on any atom is -0.330 e. The van der Waals surface area contributed by atoms with Crippen molar-refractivity contribution in [1.82, 2.24) is 19.9 Å². The molecule has 1 aromatic heterocycles. The van der Waals surface area contributed by atoms with Gasteiger partial charge < -0.3 is 4.90 Å². The second-order valence-electron chi connectivity index (χ2n) is 3.12. The molecule has 1 aromatic rings. The number of carbonyl (C=O) groups is 1. The zero-order valence-corrected chi connectivity index (χ0v) is 8.76. The van der Waals surface area contributed by atoms with Crippen LogP contribution in [-0.4, -0.2) is 38.9 Å². The van der Waals surface area contributed by atoms with Crippen LogP contribution in [0.3, 0.4) is 0 Å². The van der Waals surface area contributed by atoms with E-state index in [9.17, 15) is 4.79 Å². The number of nitrogens with zero attached hydrogens (tertiary/aromatic N) is 4. The second kappa shape index (κ2) is 5.81. The molecule has 1 amide bonds. The summed E-state index contributed by atoms with van der Waals surface area (Å²) >= 11 is 0. The standard InChI is InChI=1S/C10H14N4O/c1-3-6-13(7-4-2)10(15)9-14-8-5-11-12-14/h1,5,8H,4,6-7,9H2,2H3. The quantitative estimate of drug-likeness (QED) is 0.644. The highest BCUT2D eigenvalue weighted by atomic mass is 16.2. The van der Waals surface area contributed by atoms with Crippen molar-refractivity contribution in [3.63, 3.8) is 0 Å². The number of rotatable bonds is 5. The van der Waals surface area contributed by atoms with E-state index in [1.54, 1.807) is 17.3 Å². The average molecular weight is 206 g/mol. The lowest BCUT2D eigenvalue weighted by molar-refractivity contribution is -0.131. The fraction of sp³-hybridized carbons (Fsp3) is 0.500. The first-order valence-electron chi connectivity index (χ1n) is 4.83. The van der Waals surface area contributed by atoms with Crippen molar-refractivity contribution in [2.45, 2.75) is 19.9 Å². The van der Waals surface area contributed by atoms with E-state index in [2.05, 4.69) is 16.2 Å². The van der Waals surface area contributed by atoms with Gasteiger partial charge in [-0.3, -0.25) is 4.79 Å². The molecule has 0 bridgehead atoms. The highest BCUT2D eigenvalue weighted by Crippen LogP contribution is 1.94. The Bertz CT molecular complexity index is 339. The first kappa shape index (κ1) is 11.2. The lowest BCUT2D eigenvalue weighted by atomic mass is 10.4. The highest BCUT2D eigenvalue weighted by Gasteiger charge is 2.11. The number of carbonyl (C=O) groups excluding carboxylic acids is 1. The highest BCUT2D eigenvalue weighted by molar-refractivity contribution is 5.76. The summed E-state index contributed by atoms with van der Waals surface area (Å²) in [6.07, 6.45) is 9.28. The fourth-order valence-electron chi connectivity index (χ4n) is 1.23. The molecule has 0 aliphatic heterocycles. The predicted octanol–water partition coefficient (Wildman–Crippen LogP) is 0.150. The van der Waals surface area contributed by atoms with Crippen LogP contribution in [0.15, 0.2) is 12.4 Å². The van der Waals surface area contributed by atoms with E-state index in [-0.39, 0.29) is 12.5 Å². The average Bonchev–Trinajstić information content (AvgIpc) is 2.70. The number of hydrogen-bond donors (Lipinski definition) is 0. The van der Waals surface area contributed by atoms with Gasteiger partial charge in [-0.2, -0.15) is 0 Å². The van der Waals surface area contributed by atoms with Crippen LogP contribution in [0, 0.1) is 12.3 Å². The molecule has 80 valence electrons. The van der Waals surface area contributed by atoms with Crippen molar-refractivity contribution in [1.29, 1.82) is 0 Å². The Morgan fingerprint density at radius 2 is 2.47 bits per heavy atom. The second-order valence-corrected chi connectivity index (χ2v) is 3.12. The molecule has 1 heterocycles. The van der Waals surface area contributed by atoms with Crippen LogP contribution in [0.1, 0.15) is 13.3 Å². The molecule has 0 saturated heterocycles. The zero-order valence-electron chi connectivity index (χ0n) is 8.76. The molecule has 5 nitrogen and oxygen atoms in total. The molecule has 0 aliphatic carbocycles. The smallest absolute Gasteiger partial charge is 0.245 e. The van der Waals surface area contributed by atoms with Crippen LogP contribution in [0.5, 0.6) is 0 Å². The van der Waals surface area contributed by atoms with Crippen LogP contribution in [-0.2, 0) is 11.3 Å². The minimum absolute atomic E-state index is 0.0275. The summed E-state index contributed by atoms with van der Waals surface area (Å²) in [5, 5.41) is 7.35. The normalized spacial score (nSPS) is 9.60. The third kappa shape index (κ3) is 3.43. The van der Waals surface area contributed by atoms with Crippen molar-refractivity contribution >= 4 is 5.91 Å². The molecule has 0 aliphatic rings. The van der Waals surface area contributed by atoms with Gasteiger partial charge in [0.15, 0.2) is 0 Å². The number of hydrogen-bond acceptors (Lipinski definition) is 3. The fourth-order valence-corrected chi connectivity index (χ4v) is 1.23. The molecular formula is C10H14N4O. The molecule has 0 saturated carbocycles. The van der Waals surface area contributed by atoms with Crippen molar-refractivity contribution in [2.24, 2.45) is 0 Å². The van der Waals surface area contributed by atoms with E-state index < -0.39 is 0 Å². The summed E-state index contributed by atoms with van der Waals surface area (Å²) in [4.78, 5) is 13.4. The van der Waals surface area contributed by atoms with Crippen molar-refractivity contribution in [3.8, 4) is 12.3 Å². The minimum atomic E-state index is -0.0275. The van der Waals surface area contributed by atoms with Gasteiger partial charge in [0, 0.05) is 12.7 Å². The lowest BCUT2D eigenvalue weighted by Gasteiger charge is -2.18. The van der Waals surface area contributed by atoms with Crippen LogP contribution < -0.4 is 0 Å². The maximum absolute atomic E-state index is 11.7. The van der Waals surface area contributed by atoms with Crippen LogP contribution >= 0.6 is 0 Å². The van der Waals surface area contributed by atoms with E-state index in [0.29, 0.717) is 13.1 Å². The molecule has 0 aromatic carbocycles. The number of aromatic nitrogens is 3. The molecular weight excluding hydrogens is 192 g/mol. The van der Waals surface area contributed by atoms with Gasteiger partial charge >= 0.3 is 0 Å². The summed E-state index contributed by atoms with van der Waals surface area (Å²) in [6, 6.07) is 0. The SMILES string of the molecule is C#CCN(CCC)C(=O)Cn1ccnn1.